The van der Waals surface area contributed by atoms with Crippen LogP contribution in [-0.4, -0.2) is 33.3 Å². The Hall–Kier alpha value is -3.20. The minimum atomic E-state index is -3.99. The van der Waals surface area contributed by atoms with Gasteiger partial charge in [0.15, 0.2) is 5.65 Å². The molecule has 0 aliphatic heterocycles. The number of aromatic nitrogens is 4. The SMILES string of the molecule is Cc1ccc(S(=O)(=O)c2nnn3c2[nH]c(=O)c2ccc(O)cc23)c(C)c1. The van der Waals surface area contributed by atoms with Gasteiger partial charge in [-0.15, -0.1) is 5.10 Å². The van der Waals surface area contributed by atoms with Crippen LogP contribution in [0.3, 0.4) is 0 Å². The summed E-state index contributed by atoms with van der Waals surface area (Å²) >= 11 is 0. The molecule has 0 saturated heterocycles. The van der Waals surface area contributed by atoms with Crippen molar-refractivity contribution in [3.05, 3.63) is 57.9 Å². The zero-order chi connectivity index (χ0) is 18.6. The van der Waals surface area contributed by atoms with E-state index in [-0.39, 0.29) is 32.2 Å². The van der Waals surface area contributed by atoms with Crippen LogP contribution < -0.4 is 5.56 Å². The van der Waals surface area contributed by atoms with Crippen LogP contribution >= 0.6 is 0 Å². The standard InChI is InChI=1S/C17H14N4O4S/c1-9-3-6-14(10(2)7-9)26(24,25)17-15-18-16(23)12-5-4-11(22)8-13(12)21(15)20-19-17/h3-8,22H,1-2H3,(H,18,23). The van der Waals surface area contributed by atoms with Crippen molar-refractivity contribution in [2.45, 2.75) is 23.8 Å². The van der Waals surface area contributed by atoms with Crippen molar-refractivity contribution >= 4 is 26.4 Å². The molecule has 2 aromatic carbocycles. The van der Waals surface area contributed by atoms with Gasteiger partial charge in [-0.25, -0.2) is 8.42 Å². The Bertz CT molecular complexity index is 1350. The highest BCUT2D eigenvalue weighted by Crippen LogP contribution is 2.26. The van der Waals surface area contributed by atoms with E-state index in [0.29, 0.717) is 5.56 Å². The minimum Gasteiger partial charge on any atom is -0.508 e. The number of hydrogen-bond donors (Lipinski definition) is 2. The summed E-state index contributed by atoms with van der Waals surface area (Å²) in [7, 11) is -3.99. The van der Waals surface area contributed by atoms with E-state index in [2.05, 4.69) is 15.3 Å². The summed E-state index contributed by atoms with van der Waals surface area (Å²) < 4.78 is 27.3. The van der Waals surface area contributed by atoms with Gasteiger partial charge in [-0.3, -0.25) is 4.79 Å². The second-order valence-corrected chi connectivity index (χ2v) is 7.92. The molecule has 0 unspecified atom stereocenters. The lowest BCUT2D eigenvalue weighted by molar-refractivity contribution is 0.476. The monoisotopic (exact) mass is 370 g/mol. The van der Waals surface area contributed by atoms with Crippen LogP contribution in [0.4, 0.5) is 0 Å². The van der Waals surface area contributed by atoms with Gasteiger partial charge < -0.3 is 10.1 Å². The molecule has 9 heteroatoms. The highest BCUT2D eigenvalue weighted by molar-refractivity contribution is 7.91. The molecule has 0 spiro atoms. The average Bonchev–Trinajstić information content (AvgIpc) is 2.99. The predicted octanol–water partition coefficient (Wildman–Crippen LogP) is 1.73. The van der Waals surface area contributed by atoms with Gasteiger partial charge >= 0.3 is 0 Å². The highest BCUT2D eigenvalue weighted by atomic mass is 32.2. The van der Waals surface area contributed by atoms with E-state index in [0.717, 1.165) is 5.56 Å². The molecular weight excluding hydrogens is 356 g/mol. The summed E-state index contributed by atoms with van der Waals surface area (Å²) in [5.74, 6) is -0.0707. The first kappa shape index (κ1) is 16.3. The van der Waals surface area contributed by atoms with Crippen LogP contribution in [0.1, 0.15) is 11.1 Å². The number of aryl methyl sites for hydroxylation is 2. The molecule has 0 aliphatic carbocycles. The third kappa shape index (κ3) is 2.28. The first-order valence-electron chi connectivity index (χ1n) is 7.72. The summed E-state index contributed by atoms with van der Waals surface area (Å²) in [4.78, 5) is 15.0. The maximum atomic E-state index is 13.1. The summed E-state index contributed by atoms with van der Waals surface area (Å²) in [6.45, 7) is 3.56. The number of nitrogens with one attached hydrogen (secondary N) is 1. The van der Waals surface area contributed by atoms with Gasteiger partial charge in [0.25, 0.3) is 5.56 Å². The molecule has 4 aromatic rings. The van der Waals surface area contributed by atoms with Gasteiger partial charge in [-0.05, 0) is 37.6 Å². The molecular formula is C17H14N4O4S. The van der Waals surface area contributed by atoms with Gasteiger partial charge in [-0.2, -0.15) is 4.52 Å². The molecule has 0 radical (unpaired) electrons. The minimum absolute atomic E-state index is 0.0481. The number of sulfone groups is 1. The van der Waals surface area contributed by atoms with Crippen molar-refractivity contribution in [3.8, 4) is 5.75 Å². The molecule has 2 aromatic heterocycles. The number of phenolic OH excluding ortho intramolecular Hbond substituents is 1. The van der Waals surface area contributed by atoms with Crippen molar-refractivity contribution in [2.24, 2.45) is 0 Å². The number of benzene rings is 2. The number of phenols is 1. The summed E-state index contributed by atoms with van der Waals surface area (Å²) in [5.41, 5.74) is 1.23. The zero-order valence-electron chi connectivity index (χ0n) is 13.9. The number of aromatic hydroxyl groups is 1. The number of rotatable bonds is 2. The first-order chi connectivity index (χ1) is 12.3. The topological polar surface area (TPSA) is 117 Å². The highest BCUT2D eigenvalue weighted by Gasteiger charge is 2.27. The Balaban J connectivity index is 2.07. The third-order valence-corrected chi connectivity index (χ3v) is 6.02. The van der Waals surface area contributed by atoms with Crippen molar-refractivity contribution in [3.63, 3.8) is 0 Å². The second-order valence-electron chi connectivity index (χ2n) is 6.08. The van der Waals surface area contributed by atoms with Crippen molar-refractivity contribution in [2.75, 3.05) is 0 Å². The van der Waals surface area contributed by atoms with Crippen molar-refractivity contribution in [1.82, 2.24) is 19.8 Å². The summed E-state index contributed by atoms with van der Waals surface area (Å²) in [6.07, 6.45) is 0. The Labute approximate surface area is 147 Å². The first-order valence-corrected chi connectivity index (χ1v) is 9.20. The van der Waals surface area contributed by atoms with Crippen LogP contribution in [0.2, 0.25) is 0 Å². The number of aromatic amines is 1. The lowest BCUT2D eigenvalue weighted by Gasteiger charge is -2.07. The average molecular weight is 370 g/mol. The smallest absolute Gasteiger partial charge is 0.259 e. The Kier molecular flexibility index (Phi) is 3.38. The number of fused-ring (bicyclic) bond motifs is 3. The molecule has 2 N–H and O–H groups in total. The van der Waals surface area contributed by atoms with Gasteiger partial charge in [0.2, 0.25) is 14.9 Å². The molecule has 0 atom stereocenters. The second kappa shape index (κ2) is 5.40. The Morgan fingerprint density at radius 1 is 1.12 bits per heavy atom. The fraction of sp³-hybridized carbons (Fsp3) is 0.118. The fourth-order valence-electron chi connectivity index (χ4n) is 2.99. The molecule has 132 valence electrons. The van der Waals surface area contributed by atoms with E-state index in [9.17, 15) is 18.3 Å². The van der Waals surface area contributed by atoms with Crippen molar-refractivity contribution in [1.29, 1.82) is 0 Å². The molecule has 0 amide bonds. The maximum absolute atomic E-state index is 13.1. The van der Waals surface area contributed by atoms with E-state index >= 15 is 0 Å². The third-order valence-electron chi connectivity index (χ3n) is 4.20. The normalized spacial score (nSPS) is 12.1. The van der Waals surface area contributed by atoms with Crippen molar-refractivity contribution < 1.29 is 13.5 Å². The van der Waals surface area contributed by atoms with E-state index in [4.69, 9.17) is 0 Å². The zero-order valence-corrected chi connectivity index (χ0v) is 14.7. The van der Waals surface area contributed by atoms with Crippen LogP contribution in [-0.2, 0) is 9.84 Å². The van der Waals surface area contributed by atoms with E-state index < -0.39 is 15.4 Å². The van der Waals surface area contributed by atoms with Crippen LogP contribution in [0, 0.1) is 13.8 Å². The number of hydrogen-bond acceptors (Lipinski definition) is 6. The molecule has 4 rings (SSSR count). The van der Waals surface area contributed by atoms with E-state index in [1.54, 1.807) is 19.1 Å². The largest absolute Gasteiger partial charge is 0.508 e. The summed E-state index contributed by atoms with van der Waals surface area (Å²) in [6, 6.07) is 9.10. The Morgan fingerprint density at radius 3 is 2.62 bits per heavy atom. The molecule has 0 fully saturated rings. The van der Waals surface area contributed by atoms with Gasteiger partial charge in [0.05, 0.1) is 15.8 Å². The lowest BCUT2D eigenvalue weighted by Crippen LogP contribution is -2.12. The molecule has 2 heterocycles. The maximum Gasteiger partial charge on any atom is 0.259 e. The molecule has 8 nitrogen and oxygen atoms in total. The van der Waals surface area contributed by atoms with Crippen LogP contribution in [0.25, 0.3) is 16.6 Å². The van der Waals surface area contributed by atoms with E-state index in [1.807, 2.05) is 6.92 Å². The Morgan fingerprint density at radius 2 is 1.88 bits per heavy atom. The lowest BCUT2D eigenvalue weighted by atomic mass is 10.2. The molecule has 0 saturated carbocycles. The quantitative estimate of drug-likeness (QED) is 0.555. The summed E-state index contributed by atoms with van der Waals surface area (Å²) in [5, 5.41) is 17.3. The fourth-order valence-corrected chi connectivity index (χ4v) is 4.47. The molecule has 26 heavy (non-hydrogen) atoms. The van der Waals surface area contributed by atoms with Gasteiger partial charge in [0.1, 0.15) is 5.75 Å². The molecule has 0 aliphatic rings. The molecule has 0 bridgehead atoms. The van der Waals surface area contributed by atoms with Crippen LogP contribution in [0.15, 0.2) is 51.1 Å². The van der Waals surface area contributed by atoms with Gasteiger partial charge in [0, 0.05) is 6.07 Å². The predicted molar refractivity (Wildman–Crippen MR) is 94.1 cm³/mol. The van der Waals surface area contributed by atoms with Crippen LogP contribution in [0.5, 0.6) is 5.75 Å². The number of H-pyrrole nitrogens is 1. The van der Waals surface area contributed by atoms with Gasteiger partial charge in [-0.1, -0.05) is 22.9 Å². The van der Waals surface area contributed by atoms with E-state index in [1.165, 1.54) is 28.8 Å². The number of nitrogens with zero attached hydrogens (tertiary/aromatic N) is 3.